The fourth-order valence-corrected chi connectivity index (χ4v) is 2.11. The highest BCUT2D eigenvalue weighted by molar-refractivity contribution is 4.87. The molecule has 3 heteroatoms. The normalized spacial score (nSPS) is 30.0. The van der Waals surface area contributed by atoms with Crippen LogP contribution in [0.4, 0.5) is 0 Å². The Morgan fingerprint density at radius 3 is 2.67 bits per heavy atom. The van der Waals surface area contributed by atoms with Gasteiger partial charge in [0.05, 0.1) is 6.61 Å². The van der Waals surface area contributed by atoms with E-state index in [9.17, 15) is 0 Å². The summed E-state index contributed by atoms with van der Waals surface area (Å²) in [5, 5.41) is 8.83. The van der Waals surface area contributed by atoms with Crippen molar-refractivity contribution in [2.75, 3.05) is 19.7 Å². The lowest BCUT2D eigenvalue weighted by atomic mass is 10.1. The van der Waals surface area contributed by atoms with Crippen LogP contribution in [0.2, 0.25) is 0 Å². The summed E-state index contributed by atoms with van der Waals surface area (Å²) in [4.78, 5) is 2.29. The molecule has 0 heterocycles. The van der Waals surface area contributed by atoms with Crippen molar-refractivity contribution in [3.63, 3.8) is 0 Å². The van der Waals surface area contributed by atoms with Gasteiger partial charge >= 0.3 is 0 Å². The second-order valence-corrected chi connectivity index (χ2v) is 3.51. The van der Waals surface area contributed by atoms with E-state index in [1.807, 2.05) is 0 Å². The van der Waals surface area contributed by atoms with Crippen molar-refractivity contribution in [1.82, 2.24) is 4.90 Å². The zero-order chi connectivity index (χ0) is 8.97. The van der Waals surface area contributed by atoms with E-state index in [4.69, 9.17) is 10.8 Å². The number of likely N-dealkylation sites (N-methyl/N-ethyl adjacent to an activating group) is 1. The number of hydrogen-bond acceptors (Lipinski definition) is 3. The number of hydrogen-bond donors (Lipinski definition) is 2. The summed E-state index contributed by atoms with van der Waals surface area (Å²) in [5.41, 5.74) is 5.96. The molecule has 0 amide bonds. The van der Waals surface area contributed by atoms with E-state index in [1.54, 1.807) is 0 Å². The molecule has 1 aliphatic rings. The van der Waals surface area contributed by atoms with Crippen LogP contribution in [0, 0.1) is 0 Å². The first kappa shape index (κ1) is 9.96. The number of nitrogens with zero attached hydrogens (tertiary/aromatic N) is 1. The Bertz CT molecular complexity index is 130. The Labute approximate surface area is 74.5 Å². The summed E-state index contributed by atoms with van der Waals surface area (Å²) >= 11 is 0. The van der Waals surface area contributed by atoms with Crippen molar-refractivity contribution in [3.05, 3.63) is 0 Å². The van der Waals surface area contributed by atoms with Gasteiger partial charge in [-0.2, -0.15) is 0 Å². The molecular formula is C9H20N2O. The zero-order valence-corrected chi connectivity index (χ0v) is 7.87. The predicted octanol–water partition coefficient (Wildman–Crippen LogP) is 0.180. The largest absolute Gasteiger partial charge is 0.395 e. The summed E-state index contributed by atoms with van der Waals surface area (Å²) in [6.45, 7) is 4.14. The number of nitrogens with two attached hydrogens (primary N) is 1. The van der Waals surface area contributed by atoms with Gasteiger partial charge in [0.25, 0.3) is 0 Å². The fraction of sp³-hybridized carbons (Fsp3) is 1.00. The quantitative estimate of drug-likeness (QED) is 0.636. The van der Waals surface area contributed by atoms with Gasteiger partial charge in [-0.15, -0.1) is 0 Å². The molecule has 12 heavy (non-hydrogen) atoms. The van der Waals surface area contributed by atoms with E-state index >= 15 is 0 Å². The van der Waals surface area contributed by atoms with E-state index in [-0.39, 0.29) is 6.61 Å². The highest BCUT2D eigenvalue weighted by Gasteiger charge is 2.27. The van der Waals surface area contributed by atoms with Crippen LogP contribution in [0.1, 0.15) is 26.2 Å². The molecule has 0 aliphatic heterocycles. The molecule has 3 nitrogen and oxygen atoms in total. The van der Waals surface area contributed by atoms with E-state index in [1.165, 1.54) is 12.8 Å². The molecule has 0 bridgehead atoms. The van der Waals surface area contributed by atoms with Crippen LogP contribution >= 0.6 is 0 Å². The predicted molar refractivity (Wildman–Crippen MR) is 49.9 cm³/mol. The summed E-state index contributed by atoms with van der Waals surface area (Å²) in [7, 11) is 0. The van der Waals surface area contributed by atoms with E-state index in [0.717, 1.165) is 19.5 Å². The lowest BCUT2D eigenvalue weighted by molar-refractivity contribution is 0.150. The number of aliphatic hydroxyl groups is 1. The van der Waals surface area contributed by atoms with Crippen molar-refractivity contribution >= 4 is 0 Å². The molecule has 2 unspecified atom stereocenters. The first-order valence-corrected chi connectivity index (χ1v) is 4.90. The average Bonchev–Trinajstić information content (AvgIpc) is 2.47. The molecule has 0 aromatic carbocycles. The summed E-state index contributed by atoms with van der Waals surface area (Å²) < 4.78 is 0. The first-order valence-electron chi connectivity index (χ1n) is 4.90. The maximum atomic E-state index is 8.83. The molecule has 2 atom stereocenters. The van der Waals surface area contributed by atoms with Gasteiger partial charge in [0.2, 0.25) is 0 Å². The van der Waals surface area contributed by atoms with Gasteiger partial charge in [-0.25, -0.2) is 0 Å². The van der Waals surface area contributed by atoms with Crippen LogP contribution < -0.4 is 5.73 Å². The Morgan fingerprint density at radius 1 is 1.50 bits per heavy atom. The molecule has 0 spiro atoms. The minimum Gasteiger partial charge on any atom is -0.395 e. The average molecular weight is 172 g/mol. The summed E-state index contributed by atoms with van der Waals surface area (Å²) in [6.07, 6.45) is 3.59. The summed E-state index contributed by atoms with van der Waals surface area (Å²) in [5.74, 6) is 0. The molecule has 1 saturated carbocycles. The molecule has 0 aromatic heterocycles. The molecule has 72 valence electrons. The Hall–Kier alpha value is -0.120. The molecule has 1 aliphatic carbocycles. The lowest BCUT2D eigenvalue weighted by Crippen LogP contribution is -2.45. The molecule has 3 N–H and O–H groups in total. The summed E-state index contributed by atoms with van der Waals surface area (Å²) in [6, 6.07) is 0.846. The van der Waals surface area contributed by atoms with Crippen molar-refractivity contribution in [2.24, 2.45) is 5.73 Å². The number of aliphatic hydroxyl groups excluding tert-OH is 1. The van der Waals surface area contributed by atoms with Gasteiger partial charge in [0.15, 0.2) is 0 Å². The van der Waals surface area contributed by atoms with Crippen LogP contribution in [0.3, 0.4) is 0 Å². The third-order valence-corrected chi connectivity index (χ3v) is 2.79. The van der Waals surface area contributed by atoms with Crippen LogP contribution in [-0.2, 0) is 0 Å². The van der Waals surface area contributed by atoms with Gasteiger partial charge in [0, 0.05) is 18.6 Å². The second-order valence-electron chi connectivity index (χ2n) is 3.51. The van der Waals surface area contributed by atoms with Gasteiger partial charge < -0.3 is 10.8 Å². The van der Waals surface area contributed by atoms with Gasteiger partial charge in [0.1, 0.15) is 0 Å². The fourth-order valence-electron chi connectivity index (χ4n) is 2.11. The smallest absolute Gasteiger partial charge is 0.0558 e. The van der Waals surface area contributed by atoms with Crippen molar-refractivity contribution in [2.45, 2.75) is 38.3 Å². The molecule has 1 rings (SSSR count). The van der Waals surface area contributed by atoms with Crippen molar-refractivity contribution < 1.29 is 5.11 Å². The van der Waals surface area contributed by atoms with Gasteiger partial charge in [-0.05, 0) is 19.4 Å². The molecule has 0 saturated heterocycles. The van der Waals surface area contributed by atoms with Crippen molar-refractivity contribution in [1.29, 1.82) is 0 Å². The zero-order valence-electron chi connectivity index (χ0n) is 7.87. The maximum Gasteiger partial charge on any atom is 0.0558 e. The highest BCUT2D eigenvalue weighted by atomic mass is 16.3. The van der Waals surface area contributed by atoms with E-state index in [2.05, 4.69) is 11.8 Å². The monoisotopic (exact) mass is 172 g/mol. The third-order valence-electron chi connectivity index (χ3n) is 2.79. The Kier molecular flexibility index (Phi) is 3.98. The SMILES string of the molecule is CCN(CCO)C1CCCC1N. The van der Waals surface area contributed by atoms with Crippen LogP contribution in [0.25, 0.3) is 0 Å². The van der Waals surface area contributed by atoms with Gasteiger partial charge in [-0.1, -0.05) is 13.3 Å². The third kappa shape index (κ3) is 2.19. The van der Waals surface area contributed by atoms with Crippen LogP contribution in [0.5, 0.6) is 0 Å². The Morgan fingerprint density at radius 2 is 2.25 bits per heavy atom. The van der Waals surface area contributed by atoms with E-state index < -0.39 is 0 Å². The standard InChI is InChI=1S/C9H20N2O/c1-2-11(6-7-12)9-5-3-4-8(9)10/h8-9,12H,2-7,10H2,1H3. The number of rotatable bonds is 4. The molecule has 0 aromatic rings. The van der Waals surface area contributed by atoms with E-state index in [0.29, 0.717) is 12.1 Å². The van der Waals surface area contributed by atoms with Gasteiger partial charge in [-0.3, -0.25) is 4.90 Å². The second kappa shape index (κ2) is 4.80. The minimum absolute atomic E-state index is 0.247. The maximum absolute atomic E-state index is 8.83. The highest BCUT2D eigenvalue weighted by Crippen LogP contribution is 2.22. The molecule has 1 fully saturated rings. The first-order chi connectivity index (χ1) is 5.79. The van der Waals surface area contributed by atoms with Crippen LogP contribution in [-0.4, -0.2) is 41.8 Å². The minimum atomic E-state index is 0.247. The van der Waals surface area contributed by atoms with Crippen LogP contribution in [0.15, 0.2) is 0 Å². The molecule has 0 radical (unpaired) electrons. The van der Waals surface area contributed by atoms with Crippen molar-refractivity contribution in [3.8, 4) is 0 Å². The lowest BCUT2D eigenvalue weighted by Gasteiger charge is -2.29. The topological polar surface area (TPSA) is 49.5 Å². The Balaban J connectivity index is 2.41. The molecular weight excluding hydrogens is 152 g/mol.